The van der Waals surface area contributed by atoms with Gasteiger partial charge in [-0.2, -0.15) is 5.26 Å². The lowest BCUT2D eigenvalue weighted by atomic mass is 9.99. The minimum atomic E-state index is 0.0957. The number of benzene rings is 1. The van der Waals surface area contributed by atoms with Crippen molar-refractivity contribution >= 4 is 23.0 Å². The Bertz CT molecular complexity index is 1100. The van der Waals surface area contributed by atoms with Crippen LogP contribution in [0.25, 0.3) is 0 Å². The number of ether oxygens (including phenoxy) is 3. The van der Waals surface area contributed by atoms with Crippen LogP contribution in [0.4, 0.5) is 17.1 Å². The Balaban J connectivity index is 1.30. The smallest absolute Gasteiger partial charge is 0.231 e. The number of aromatic nitrogens is 1. The van der Waals surface area contributed by atoms with Crippen LogP contribution in [0.2, 0.25) is 0 Å². The van der Waals surface area contributed by atoms with Crippen LogP contribution in [-0.2, 0) is 9.53 Å². The fourth-order valence-electron chi connectivity index (χ4n) is 4.92. The van der Waals surface area contributed by atoms with Crippen molar-refractivity contribution in [1.29, 1.82) is 5.26 Å². The van der Waals surface area contributed by atoms with Gasteiger partial charge in [-0.05, 0) is 43.5 Å². The van der Waals surface area contributed by atoms with Crippen molar-refractivity contribution in [2.24, 2.45) is 5.92 Å². The van der Waals surface area contributed by atoms with E-state index in [1.165, 1.54) is 7.11 Å². The van der Waals surface area contributed by atoms with Gasteiger partial charge in [-0.1, -0.05) is 0 Å². The van der Waals surface area contributed by atoms with E-state index in [4.69, 9.17) is 14.2 Å². The molecule has 1 amide bonds. The van der Waals surface area contributed by atoms with Gasteiger partial charge < -0.3 is 29.3 Å². The van der Waals surface area contributed by atoms with Crippen LogP contribution in [0.3, 0.4) is 0 Å². The fraction of sp³-hybridized carbons (Fsp3) is 0.480. The summed E-state index contributed by atoms with van der Waals surface area (Å²) < 4.78 is 16.5. The van der Waals surface area contributed by atoms with Crippen LogP contribution >= 0.6 is 0 Å². The molecule has 2 saturated heterocycles. The zero-order valence-electron chi connectivity index (χ0n) is 19.3. The number of hydrogen-bond acceptors (Lipinski definition) is 8. The highest BCUT2D eigenvalue weighted by Gasteiger charge is 2.32. The van der Waals surface area contributed by atoms with Gasteiger partial charge in [0.1, 0.15) is 24.0 Å². The molecule has 0 aliphatic carbocycles. The number of methoxy groups -OCH3 is 1. The first-order valence-corrected chi connectivity index (χ1v) is 11.8. The Morgan fingerprint density at radius 2 is 2.06 bits per heavy atom. The number of carbonyl (C=O) groups excluding carboxylic acids is 1. The van der Waals surface area contributed by atoms with Gasteiger partial charge in [0, 0.05) is 44.0 Å². The second-order valence-corrected chi connectivity index (χ2v) is 8.85. The van der Waals surface area contributed by atoms with Crippen LogP contribution in [0.15, 0.2) is 30.5 Å². The molecule has 1 atom stereocenters. The number of pyridine rings is 1. The molecule has 34 heavy (non-hydrogen) atoms. The molecule has 0 radical (unpaired) electrons. The molecular weight excluding hydrogens is 434 g/mol. The standard InChI is InChI=1S/C25H29N5O4/c1-32-24-18(14-26)12-21(15-27-24)30-8-11-34-23-3-2-19(13-22(23)30)28-20-4-7-29(16-20)25(31)17-5-9-33-10-6-17/h2-3,12-13,15,17,20,28H,4-11,16H2,1H3. The Morgan fingerprint density at radius 3 is 2.85 bits per heavy atom. The van der Waals surface area contributed by atoms with E-state index in [9.17, 15) is 10.1 Å². The lowest BCUT2D eigenvalue weighted by Gasteiger charge is -2.32. The molecule has 9 nitrogen and oxygen atoms in total. The topological polar surface area (TPSA) is 100.0 Å². The number of carbonyl (C=O) groups is 1. The normalized spacial score (nSPS) is 20.3. The Morgan fingerprint density at radius 1 is 1.21 bits per heavy atom. The van der Waals surface area contributed by atoms with Crippen molar-refractivity contribution < 1.29 is 19.0 Å². The van der Waals surface area contributed by atoms with Crippen LogP contribution in [0.1, 0.15) is 24.8 Å². The van der Waals surface area contributed by atoms with Gasteiger partial charge in [-0.3, -0.25) is 4.79 Å². The summed E-state index contributed by atoms with van der Waals surface area (Å²) in [5.74, 6) is 1.46. The minimum Gasteiger partial charge on any atom is -0.490 e. The quantitative estimate of drug-likeness (QED) is 0.723. The van der Waals surface area contributed by atoms with Crippen molar-refractivity contribution in [2.75, 3.05) is 56.8 Å². The number of fused-ring (bicyclic) bond motifs is 1. The van der Waals surface area contributed by atoms with Crippen molar-refractivity contribution in [2.45, 2.75) is 25.3 Å². The van der Waals surface area contributed by atoms with Crippen molar-refractivity contribution in [3.63, 3.8) is 0 Å². The van der Waals surface area contributed by atoms with Gasteiger partial charge in [-0.15, -0.1) is 0 Å². The fourth-order valence-corrected chi connectivity index (χ4v) is 4.92. The molecule has 2 fully saturated rings. The summed E-state index contributed by atoms with van der Waals surface area (Å²) in [6.07, 6.45) is 4.27. The molecular formula is C25H29N5O4. The van der Waals surface area contributed by atoms with E-state index in [1.807, 2.05) is 17.0 Å². The lowest BCUT2D eigenvalue weighted by Crippen LogP contribution is -2.38. The van der Waals surface area contributed by atoms with E-state index in [1.54, 1.807) is 12.3 Å². The largest absolute Gasteiger partial charge is 0.490 e. The molecule has 178 valence electrons. The average molecular weight is 464 g/mol. The minimum absolute atomic E-state index is 0.0957. The van der Waals surface area contributed by atoms with Crippen LogP contribution in [0, 0.1) is 17.2 Å². The monoisotopic (exact) mass is 463 g/mol. The van der Waals surface area contributed by atoms with Gasteiger partial charge in [0.25, 0.3) is 0 Å². The number of hydrogen-bond donors (Lipinski definition) is 1. The van der Waals surface area contributed by atoms with E-state index in [2.05, 4.69) is 27.3 Å². The average Bonchev–Trinajstić information content (AvgIpc) is 3.36. The molecule has 1 N–H and O–H groups in total. The molecule has 1 unspecified atom stereocenters. The maximum absolute atomic E-state index is 12.9. The highest BCUT2D eigenvalue weighted by molar-refractivity contribution is 5.79. The molecule has 2 aromatic rings. The van der Waals surface area contributed by atoms with E-state index in [-0.39, 0.29) is 17.9 Å². The summed E-state index contributed by atoms with van der Waals surface area (Å²) in [7, 11) is 1.51. The summed E-state index contributed by atoms with van der Waals surface area (Å²) in [4.78, 5) is 21.3. The van der Waals surface area contributed by atoms with Gasteiger partial charge in [-0.25, -0.2) is 4.98 Å². The van der Waals surface area contributed by atoms with Crippen molar-refractivity contribution in [3.05, 3.63) is 36.0 Å². The number of nitrogens with zero attached hydrogens (tertiary/aromatic N) is 4. The summed E-state index contributed by atoms with van der Waals surface area (Å²) in [6, 6.07) is 10.2. The number of anilines is 3. The van der Waals surface area contributed by atoms with Gasteiger partial charge in [0.15, 0.2) is 0 Å². The van der Waals surface area contributed by atoms with Crippen molar-refractivity contribution in [1.82, 2.24) is 9.88 Å². The number of nitrogens with one attached hydrogen (secondary N) is 1. The predicted molar refractivity (Wildman–Crippen MR) is 127 cm³/mol. The zero-order valence-corrected chi connectivity index (χ0v) is 19.3. The number of nitriles is 1. The first kappa shape index (κ1) is 22.3. The molecule has 3 aliphatic rings. The molecule has 4 heterocycles. The summed E-state index contributed by atoms with van der Waals surface area (Å²) in [5.41, 5.74) is 3.09. The number of amides is 1. The lowest BCUT2D eigenvalue weighted by molar-refractivity contribution is -0.137. The predicted octanol–water partition coefficient (Wildman–Crippen LogP) is 2.93. The zero-order chi connectivity index (χ0) is 23.5. The Hall–Kier alpha value is -3.51. The third-order valence-electron chi connectivity index (χ3n) is 6.73. The molecule has 0 bridgehead atoms. The van der Waals surface area contributed by atoms with Gasteiger partial charge in [0.05, 0.1) is 31.2 Å². The SMILES string of the molecule is COc1ncc(N2CCOc3ccc(NC4CCN(C(=O)C5CCOCC5)C4)cc32)cc1C#N. The maximum Gasteiger partial charge on any atom is 0.231 e. The van der Waals surface area contributed by atoms with E-state index < -0.39 is 0 Å². The van der Waals surface area contributed by atoms with Crippen LogP contribution in [0.5, 0.6) is 11.6 Å². The molecule has 1 aromatic heterocycles. The second-order valence-electron chi connectivity index (χ2n) is 8.85. The molecule has 9 heteroatoms. The van der Waals surface area contributed by atoms with Gasteiger partial charge >= 0.3 is 0 Å². The molecule has 3 aliphatic heterocycles. The van der Waals surface area contributed by atoms with Crippen molar-refractivity contribution in [3.8, 4) is 17.7 Å². The van der Waals surface area contributed by atoms with E-state index >= 15 is 0 Å². The maximum atomic E-state index is 12.9. The van der Waals surface area contributed by atoms with E-state index in [0.717, 1.165) is 48.6 Å². The molecule has 1 aromatic carbocycles. The molecule has 0 saturated carbocycles. The number of rotatable bonds is 5. The van der Waals surface area contributed by atoms with E-state index in [0.29, 0.717) is 44.4 Å². The second kappa shape index (κ2) is 9.77. The first-order valence-electron chi connectivity index (χ1n) is 11.8. The van der Waals surface area contributed by atoms with Gasteiger partial charge in [0.2, 0.25) is 11.8 Å². The summed E-state index contributed by atoms with van der Waals surface area (Å²) in [5, 5.41) is 13.1. The third-order valence-corrected chi connectivity index (χ3v) is 6.73. The van der Waals surface area contributed by atoms with Crippen LogP contribution in [-0.4, -0.2) is 68.4 Å². The summed E-state index contributed by atoms with van der Waals surface area (Å²) >= 11 is 0. The summed E-state index contributed by atoms with van der Waals surface area (Å²) in [6.45, 7) is 4.04. The first-order chi connectivity index (χ1) is 16.7. The highest BCUT2D eigenvalue weighted by atomic mass is 16.5. The highest BCUT2D eigenvalue weighted by Crippen LogP contribution is 2.39. The third kappa shape index (κ3) is 4.46. The molecule has 5 rings (SSSR count). The van der Waals surface area contributed by atoms with Crippen LogP contribution < -0.4 is 19.7 Å². The Kier molecular flexibility index (Phi) is 6.41. The Labute approximate surface area is 199 Å². The number of likely N-dealkylation sites (tertiary alicyclic amines) is 1. The molecule has 0 spiro atoms.